The number of likely N-dealkylation sites (tertiary alicyclic amines) is 2. The molecule has 1 unspecified atom stereocenters. The Labute approximate surface area is 227 Å². The Hall–Kier alpha value is -3.36. The number of halogens is 6. The molecule has 0 radical (unpaired) electrons. The van der Waals surface area contributed by atoms with E-state index in [0.717, 1.165) is 37.9 Å². The first-order chi connectivity index (χ1) is 18.9. The van der Waals surface area contributed by atoms with Crippen LogP contribution in [0.4, 0.5) is 43.9 Å². The molecule has 220 valence electrons. The van der Waals surface area contributed by atoms with Crippen molar-refractivity contribution in [1.29, 1.82) is 0 Å². The highest BCUT2D eigenvalue weighted by Gasteiger charge is 2.31. The molecule has 9 nitrogen and oxygen atoms in total. The quantitative estimate of drug-likeness (QED) is 0.432. The second-order valence-electron chi connectivity index (χ2n) is 10.00. The summed E-state index contributed by atoms with van der Waals surface area (Å²) in [6.07, 6.45) is -4.87. The maximum absolute atomic E-state index is 13.1. The number of alkyl halides is 6. The van der Waals surface area contributed by atoms with Crippen molar-refractivity contribution in [2.24, 2.45) is 0 Å². The van der Waals surface area contributed by atoms with Gasteiger partial charge in [0, 0.05) is 37.4 Å². The molecule has 3 heterocycles. The van der Waals surface area contributed by atoms with Crippen LogP contribution in [0.5, 0.6) is 6.01 Å². The molecule has 1 aromatic carbocycles. The molecule has 2 saturated heterocycles. The zero-order chi connectivity index (χ0) is 28.9. The van der Waals surface area contributed by atoms with Gasteiger partial charge in [-0.3, -0.25) is 9.69 Å². The van der Waals surface area contributed by atoms with E-state index in [0.29, 0.717) is 32.5 Å². The number of piperidine rings is 2. The van der Waals surface area contributed by atoms with Gasteiger partial charge >= 0.3 is 18.4 Å². The number of aromatic nitrogens is 3. The van der Waals surface area contributed by atoms with Crippen LogP contribution in [0.15, 0.2) is 24.3 Å². The molecule has 0 spiro atoms. The third kappa shape index (κ3) is 8.57. The number of carbonyl (C=O) groups is 1. The largest absolute Gasteiger partial charge is 0.454 e. The predicted molar refractivity (Wildman–Crippen MR) is 134 cm³/mol. The van der Waals surface area contributed by atoms with Gasteiger partial charge in [0.05, 0.1) is 12.1 Å². The number of anilines is 3. The van der Waals surface area contributed by atoms with Gasteiger partial charge < -0.3 is 20.3 Å². The standard InChI is InChI=1S/C25H31F6N7O2/c1-16-5-2-3-10-38(16)20(39)14-37-11-8-18(9-12-37)32-21-34-22(36-23(35-21)40-15-24(26,27)28)33-19-7-4-6-17(13-19)25(29,30)31/h4,6-7,13,16,18H,2-3,5,8-12,14-15H2,1H3,(H2,32,33,34,35,36). The van der Waals surface area contributed by atoms with Gasteiger partial charge in [-0.15, -0.1) is 0 Å². The molecule has 2 aromatic rings. The lowest BCUT2D eigenvalue weighted by Gasteiger charge is -2.37. The topological polar surface area (TPSA) is 95.5 Å². The summed E-state index contributed by atoms with van der Waals surface area (Å²) in [5.74, 6) is -0.265. The van der Waals surface area contributed by atoms with Crippen molar-refractivity contribution in [2.75, 3.05) is 43.4 Å². The van der Waals surface area contributed by atoms with Crippen LogP contribution in [0.25, 0.3) is 0 Å². The number of hydrogen-bond acceptors (Lipinski definition) is 8. The zero-order valence-electron chi connectivity index (χ0n) is 21.9. The van der Waals surface area contributed by atoms with E-state index >= 15 is 0 Å². The number of rotatable bonds is 8. The fraction of sp³-hybridized carbons (Fsp3) is 0.600. The van der Waals surface area contributed by atoms with Gasteiger partial charge in [-0.2, -0.15) is 41.3 Å². The summed E-state index contributed by atoms with van der Waals surface area (Å²) in [4.78, 5) is 28.6. The molecule has 2 N–H and O–H groups in total. The summed E-state index contributed by atoms with van der Waals surface area (Å²) < 4.78 is 82.1. The van der Waals surface area contributed by atoms with E-state index in [4.69, 9.17) is 0 Å². The Morgan fingerprint density at radius 3 is 2.40 bits per heavy atom. The summed E-state index contributed by atoms with van der Waals surface area (Å²) in [6, 6.07) is 3.67. The number of hydrogen-bond donors (Lipinski definition) is 2. The third-order valence-electron chi connectivity index (χ3n) is 6.83. The average molecular weight is 576 g/mol. The molecule has 0 aliphatic carbocycles. The van der Waals surface area contributed by atoms with Crippen molar-refractivity contribution in [3.8, 4) is 6.01 Å². The average Bonchev–Trinajstić information content (AvgIpc) is 2.88. The van der Waals surface area contributed by atoms with Gasteiger partial charge in [-0.25, -0.2) is 0 Å². The first kappa shape index (κ1) is 29.6. The van der Waals surface area contributed by atoms with E-state index in [-0.39, 0.29) is 35.6 Å². The summed E-state index contributed by atoms with van der Waals surface area (Å²) in [7, 11) is 0. The molecule has 15 heteroatoms. The van der Waals surface area contributed by atoms with Crippen molar-refractivity contribution < 1.29 is 35.9 Å². The Bertz CT molecular complexity index is 1160. The van der Waals surface area contributed by atoms with E-state index in [1.165, 1.54) is 12.1 Å². The van der Waals surface area contributed by atoms with Crippen LogP contribution in [0.3, 0.4) is 0 Å². The molecule has 4 rings (SSSR count). The first-order valence-corrected chi connectivity index (χ1v) is 13.0. The number of nitrogens with zero attached hydrogens (tertiary/aromatic N) is 5. The lowest BCUT2D eigenvalue weighted by atomic mass is 10.0. The van der Waals surface area contributed by atoms with Gasteiger partial charge in [-0.1, -0.05) is 6.07 Å². The molecule has 0 bridgehead atoms. The van der Waals surface area contributed by atoms with Gasteiger partial charge in [0.1, 0.15) is 0 Å². The number of carbonyl (C=O) groups excluding carboxylic acids is 1. The number of nitrogens with one attached hydrogen (secondary N) is 2. The van der Waals surface area contributed by atoms with Gasteiger partial charge in [0.25, 0.3) is 0 Å². The highest BCUT2D eigenvalue weighted by molar-refractivity contribution is 5.78. The van der Waals surface area contributed by atoms with Crippen LogP contribution in [0.1, 0.15) is 44.6 Å². The second kappa shape index (κ2) is 12.4. The lowest BCUT2D eigenvalue weighted by Crippen LogP contribution is -2.49. The van der Waals surface area contributed by atoms with Crippen LogP contribution < -0.4 is 15.4 Å². The first-order valence-electron chi connectivity index (χ1n) is 13.0. The van der Waals surface area contributed by atoms with E-state index in [1.54, 1.807) is 0 Å². The molecule has 1 aromatic heterocycles. The maximum atomic E-state index is 13.1. The van der Waals surface area contributed by atoms with Crippen LogP contribution in [-0.2, 0) is 11.0 Å². The predicted octanol–water partition coefficient (Wildman–Crippen LogP) is 4.85. The molecule has 2 fully saturated rings. The van der Waals surface area contributed by atoms with Gasteiger partial charge in [0.2, 0.25) is 17.8 Å². The monoisotopic (exact) mass is 575 g/mol. The Morgan fingerprint density at radius 2 is 1.73 bits per heavy atom. The normalized spacial score (nSPS) is 19.4. The van der Waals surface area contributed by atoms with Crippen LogP contribution in [0.2, 0.25) is 0 Å². The molecule has 0 saturated carbocycles. The fourth-order valence-corrected chi connectivity index (χ4v) is 4.76. The summed E-state index contributed by atoms with van der Waals surface area (Å²) in [5.41, 5.74) is -0.937. The third-order valence-corrected chi connectivity index (χ3v) is 6.83. The molecule has 1 atom stereocenters. The van der Waals surface area contributed by atoms with E-state index in [9.17, 15) is 31.1 Å². The minimum atomic E-state index is -4.65. The highest BCUT2D eigenvalue weighted by atomic mass is 19.4. The summed E-state index contributed by atoms with van der Waals surface area (Å²) in [6.45, 7) is 2.73. The van der Waals surface area contributed by atoms with Crippen LogP contribution >= 0.6 is 0 Å². The number of ether oxygens (including phenoxy) is 1. The number of benzene rings is 1. The number of amides is 1. The smallest absolute Gasteiger partial charge is 0.422 e. The summed E-state index contributed by atoms with van der Waals surface area (Å²) in [5, 5.41) is 5.64. The Balaban J connectivity index is 1.40. The minimum Gasteiger partial charge on any atom is -0.454 e. The summed E-state index contributed by atoms with van der Waals surface area (Å²) >= 11 is 0. The maximum Gasteiger partial charge on any atom is 0.422 e. The molecule has 2 aliphatic rings. The second-order valence-corrected chi connectivity index (χ2v) is 10.00. The van der Waals surface area contributed by atoms with Crippen LogP contribution in [-0.4, -0.2) is 81.7 Å². The van der Waals surface area contributed by atoms with Crippen molar-refractivity contribution in [2.45, 2.75) is 63.5 Å². The van der Waals surface area contributed by atoms with E-state index in [2.05, 4.69) is 42.1 Å². The van der Waals surface area contributed by atoms with Gasteiger partial charge in [-0.05, 0) is 57.2 Å². The molecular formula is C25H31F6N7O2. The molecule has 2 aliphatic heterocycles. The van der Waals surface area contributed by atoms with E-state index < -0.39 is 30.5 Å². The molecule has 40 heavy (non-hydrogen) atoms. The molecular weight excluding hydrogens is 544 g/mol. The van der Waals surface area contributed by atoms with Crippen molar-refractivity contribution in [3.05, 3.63) is 29.8 Å². The Kier molecular flexibility index (Phi) is 9.21. The van der Waals surface area contributed by atoms with Crippen LogP contribution in [0, 0.1) is 0 Å². The zero-order valence-corrected chi connectivity index (χ0v) is 21.9. The van der Waals surface area contributed by atoms with Gasteiger partial charge in [0.15, 0.2) is 6.61 Å². The van der Waals surface area contributed by atoms with E-state index in [1.807, 2.05) is 4.90 Å². The van der Waals surface area contributed by atoms with Crippen molar-refractivity contribution in [1.82, 2.24) is 24.8 Å². The fourth-order valence-electron chi connectivity index (χ4n) is 4.76. The van der Waals surface area contributed by atoms with Crippen molar-refractivity contribution >= 4 is 23.5 Å². The lowest BCUT2D eigenvalue weighted by molar-refractivity contribution is -0.154. The Morgan fingerprint density at radius 1 is 1.00 bits per heavy atom. The minimum absolute atomic E-state index is 0.0188. The molecule has 1 amide bonds. The van der Waals surface area contributed by atoms with Crippen molar-refractivity contribution in [3.63, 3.8) is 0 Å². The highest BCUT2D eigenvalue weighted by Crippen LogP contribution is 2.31. The SMILES string of the molecule is CC1CCCCN1C(=O)CN1CCC(Nc2nc(Nc3cccc(C(F)(F)F)c3)nc(OCC(F)(F)F)n2)CC1.